The average molecular weight is 521 g/mol. The number of hydrogen-bond acceptors (Lipinski definition) is 7. The number of hydrazone groups is 1. The zero-order chi connectivity index (χ0) is 26.3. The van der Waals surface area contributed by atoms with Crippen molar-refractivity contribution >= 4 is 45.7 Å². The zero-order valence-corrected chi connectivity index (χ0v) is 22.0. The van der Waals surface area contributed by atoms with Crippen LogP contribution >= 0.6 is 11.8 Å². The number of nitrogens with zero attached hydrogens (tertiary/aromatic N) is 5. The van der Waals surface area contributed by atoms with Gasteiger partial charge in [0.1, 0.15) is 10.8 Å². The molecule has 37 heavy (non-hydrogen) atoms. The summed E-state index contributed by atoms with van der Waals surface area (Å²) in [6, 6.07) is 7.95. The van der Waals surface area contributed by atoms with Crippen LogP contribution in [0.25, 0.3) is 11.8 Å². The third kappa shape index (κ3) is 4.72. The molecule has 1 aromatic heterocycles. The largest absolute Gasteiger partial charge is 0.495 e. The molecule has 0 spiro atoms. The molecule has 0 bridgehead atoms. The summed E-state index contributed by atoms with van der Waals surface area (Å²) in [5.41, 5.74) is 4.81. The fourth-order valence-electron chi connectivity index (χ4n) is 4.59. The molecule has 10 nitrogen and oxygen atoms in total. The number of ether oxygens (including phenoxy) is 2. The van der Waals surface area contributed by atoms with E-state index in [1.807, 2.05) is 39.0 Å². The highest BCUT2D eigenvalue weighted by molar-refractivity contribution is 8.27. The first kappa shape index (κ1) is 25.0. The normalized spacial score (nSPS) is 18.8. The molecule has 0 saturated carbocycles. The minimum Gasteiger partial charge on any atom is -0.495 e. The van der Waals surface area contributed by atoms with Gasteiger partial charge in [-0.3, -0.25) is 15.0 Å². The van der Waals surface area contributed by atoms with Crippen LogP contribution in [0.15, 0.2) is 39.9 Å². The van der Waals surface area contributed by atoms with E-state index in [1.54, 1.807) is 18.1 Å². The second-order valence-electron chi connectivity index (χ2n) is 9.02. The Kier molecular flexibility index (Phi) is 6.74. The van der Waals surface area contributed by atoms with Gasteiger partial charge in [-0.2, -0.15) is 15.1 Å². The van der Waals surface area contributed by atoms with Crippen molar-refractivity contribution in [3.05, 3.63) is 52.4 Å². The molecule has 3 aliphatic heterocycles. The molecule has 4 heterocycles. The highest BCUT2D eigenvalue weighted by Crippen LogP contribution is 2.32. The number of aliphatic imine (C=N–C) groups is 1. The van der Waals surface area contributed by atoms with Crippen LogP contribution in [0.3, 0.4) is 0 Å². The Morgan fingerprint density at radius 1 is 1.22 bits per heavy atom. The molecule has 1 saturated heterocycles. The fraction of sp³-hybridized carbons (Fsp3) is 0.346. The van der Waals surface area contributed by atoms with Gasteiger partial charge in [0, 0.05) is 24.5 Å². The monoisotopic (exact) mass is 520 g/mol. The van der Waals surface area contributed by atoms with Gasteiger partial charge in [0.2, 0.25) is 11.1 Å². The van der Waals surface area contributed by atoms with Crippen molar-refractivity contribution in [2.24, 2.45) is 10.1 Å². The second kappa shape index (κ2) is 9.98. The topological polar surface area (TPSA) is 113 Å². The first-order valence-electron chi connectivity index (χ1n) is 12.0. The number of thioether (sulfide) groups is 1. The number of aromatic nitrogens is 1. The second-order valence-corrected chi connectivity index (χ2v) is 10.1. The Hall–Kier alpha value is -3.70. The summed E-state index contributed by atoms with van der Waals surface area (Å²) in [5, 5.41) is 15.3. The number of morpholine rings is 1. The van der Waals surface area contributed by atoms with Gasteiger partial charge in [0.05, 0.1) is 38.0 Å². The van der Waals surface area contributed by atoms with Gasteiger partial charge in [-0.25, -0.2) is 0 Å². The Balaban J connectivity index is 1.42. The Labute approximate surface area is 219 Å². The average Bonchev–Trinajstić information content (AvgIpc) is 3.41. The Morgan fingerprint density at radius 2 is 1.97 bits per heavy atom. The standard InChI is InChI=1S/C26H28N6O4S/c1-15-5-6-21(35-4)20(11-15)31-16(2)12-18(17(31)3)13-19-24(27)32-26(28-25(19)34)37-22(29-32)14-23(33)30-7-9-36-10-8-30/h5-6,11-13,27H,7-10,14H2,1-4H3/b19-13+,27-24?. The van der Waals surface area contributed by atoms with Gasteiger partial charge in [-0.05, 0) is 67.9 Å². The van der Waals surface area contributed by atoms with E-state index in [2.05, 4.69) is 20.7 Å². The highest BCUT2D eigenvalue weighted by Gasteiger charge is 2.36. The molecule has 1 fully saturated rings. The molecule has 192 valence electrons. The number of amidine groups is 2. The van der Waals surface area contributed by atoms with Crippen molar-refractivity contribution in [2.75, 3.05) is 33.4 Å². The Morgan fingerprint density at radius 3 is 2.70 bits per heavy atom. The molecule has 3 aliphatic rings. The molecule has 5 rings (SSSR count). The van der Waals surface area contributed by atoms with Gasteiger partial charge in [-0.1, -0.05) is 6.07 Å². The number of amides is 2. The molecular weight excluding hydrogens is 492 g/mol. The Bertz CT molecular complexity index is 1400. The molecule has 0 atom stereocenters. The van der Waals surface area contributed by atoms with Crippen LogP contribution in [0.1, 0.15) is 28.9 Å². The van der Waals surface area contributed by atoms with Crippen molar-refractivity contribution in [1.82, 2.24) is 14.5 Å². The first-order chi connectivity index (χ1) is 17.8. The number of benzene rings is 1. The van der Waals surface area contributed by atoms with Crippen LogP contribution in [-0.2, 0) is 14.3 Å². The number of hydrogen-bond donors (Lipinski definition) is 1. The minimum atomic E-state index is -0.502. The first-order valence-corrected chi connectivity index (χ1v) is 12.8. The molecular formula is C26H28N6O4S. The lowest BCUT2D eigenvalue weighted by molar-refractivity contribution is -0.133. The van der Waals surface area contributed by atoms with Crippen molar-refractivity contribution in [1.29, 1.82) is 5.41 Å². The number of methoxy groups -OCH3 is 1. The summed E-state index contributed by atoms with van der Waals surface area (Å²) >= 11 is 1.16. The number of carbonyl (C=O) groups excluding carboxylic acids is 2. The van der Waals surface area contributed by atoms with Crippen LogP contribution in [0, 0.1) is 26.2 Å². The van der Waals surface area contributed by atoms with Crippen LogP contribution < -0.4 is 4.74 Å². The fourth-order valence-corrected chi connectivity index (χ4v) is 5.47. The van der Waals surface area contributed by atoms with Gasteiger partial charge in [0.25, 0.3) is 5.91 Å². The SMILES string of the molecule is COc1ccc(C)cc1-n1c(C)cc(/C=C2\C(=N)N3N=C(CC(=O)N4CCOCC4)SC3=NC2=O)c1C. The van der Waals surface area contributed by atoms with E-state index < -0.39 is 5.91 Å². The maximum Gasteiger partial charge on any atom is 0.283 e. The van der Waals surface area contributed by atoms with E-state index in [0.29, 0.717) is 36.5 Å². The molecule has 1 aromatic carbocycles. The molecule has 0 unspecified atom stereocenters. The summed E-state index contributed by atoms with van der Waals surface area (Å²) in [7, 11) is 1.64. The third-order valence-electron chi connectivity index (χ3n) is 6.51. The van der Waals surface area contributed by atoms with Crippen LogP contribution in [0.4, 0.5) is 0 Å². The van der Waals surface area contributed by atoms with E-state index in [0.717, 1.165) is 45.7 Å². The van der Waals surface area contributed by atoms with Crippen molar-refractivity contribution in [2.45, 2.75) is 27.2 Å². The van der Waals surface area contributed by atoms with E-state index >= 15 is 0 Å². The van der Waals surface area contributed by atoms with Crippen molar-refractivity contribution < 1.29 is 19.1 Å². The van der Waals surface area contributed by atoms with Gasteiger partial charge >= 0.3 is 0 Å². The summed E-state index contributed by atoms with van der Waals surface area (Å²) < 4.78 is 13.0. The predicted molar refractivity (Wildman–Crippen MR) is 144 cm³/mol. The maximum absolute atomic E-state index is 12.9. The summed E-state index contributed by atoms with van der Waals surface area (Å²) in [6.07, 6.45) is 1.78. The van der Waals surface area contributed by atoms with Crippen LogP contribution in [0.2, 0.25) is 0 Å². The molecule has 0 radical (unpaired) electrons. The lowest BCUT2D eigenvalue weighted by atomic mass is 10.1. The number of nitrogens with one attached hydrogen (secondary N) is 1. The maximum atomic E-state index is 12.9. The zero-order valence-electron chi connectivity index (χ0n) is 21.2. The number of fused-ring (bicyclic) bond motifs is 1. The summed E-state index contributed by atoms with van der Waals surface area (Å²) in [6.45, 7) is 8.12. The van der Waals surface area contributed by atoms with E-state index in [-0.39, 0.29) is 23.7 Å². The lowest BCUT2D eigenvalue weighted by Gasteiger charge is -2.26. The molecule has 2 amide bonds. The van der Waals surface area contributed by atoms with Gasteiger partial charge < -0.3 is 18.9 Å². The quantitative estimate of drug-likeness (QED) is 0.606. The van der Waals surface area contributed by atoms with E-state index in [1.165, 1.54) is 5.01 Å². The number of carbonyl (C=O) groups is 2. The molecule has 1 N–H and O–H groups in total. The predicted octanol–water partition coefficient (Wildman–Crippen LogP) is 3.28. The summed E-state index contributed by atoms with van der Waals surface area (Å²) in [4.78, 5) is 31.5. The molecule has 0 aliphatic carbocycles. The van der Waals surface area contributed by atoms with E-state index in [4.69, 9.17) is 14.9 Å². The lowest BCUT2D eigenvalue weighted by Crippen LogP contribution is -2.41. The van der Waals surface area contributed by atoms with Crippen LogP contribution in [-0.4, -0.2) is 75.8 Å². The highest BCUT2D eigenvalue weighted by atomic mass is 32.2. The van der Waals surface area contributed by atoms with Gasteiger partial charge in [0.15, 0.2) is 5.84 Å². The minimum absolute atomic E-state index is 0.0531. The number of rotatable bonds is 5. The molecule has 11 heteroatoms. The summed E-state index contributed by atoms with van der Waals surface area (Å²) in [5.74, 6) is 0.124. The third-order valence-corrected chi connectivity index (χ3v) is 7.42. The van der Waals surface area contributed by atoms with Gasteiger partial charge in [-0.15, -0.1) is 0 Å². The molecule has 2 aromatic rings. The smallest absolute Gasteiger partial charge is 0.283 e. The van der Waals surface area contributed by atoms with Crippen molar-refractivity contribution in [3.63, 3.8) is 0 Å². The van der Waals surface area contributed by atoms with E-state index in [9.17, 15) is 9.59 Å². The van der Waals surface area contributed by atoms with Crippen molar-refractivity contribution in [3.8, 4) is 11.4 Å². The van der Waals surface area contributed by atoms with Crippen LogP contribution in [0.5, 0.6) is 5.75 Å². The number of aryl methyl sites for hydroxylation is 2.